The van der Waals surface area contributed by atoms with Gasteiger partial charge in [0.1, 0.15) is 0 Å². The molecule has 5 fully saturated rings. The molecule has 0 radical (unpaired) electrons. The third kappa shape index (κ3) is 3.14. The number of piperazine rings is 1. The van der Waals surface area contributed by atoms with E-state index in [4.69, 9.17) is 0 Å². The number of nitrogens with one attached hydrogen (secondary N) is 1. The van der Waals surface area contributed by atoms with Gasteiger partial charge in [-0.3, -0.25) is 0 Å². The van der Waals surface area contributed by atoms with Gasteiger partial charge in [-0.05, 0) is 60.6 Å². The van der Waals surface area contributed by atoms with Gasteiger partial charge < -0.3 is 4.90 Å². The predicted molar refractivity (Wildman–Crippen MR) is 111 cm³/mol. The van der Waals surface area contributed by atoms with Gasteiger partial charge in [0.25, 0.3) is 0 Å². The summed E-state index contributed by atoms with van der Waals surface area (Å²) in [6, 6.07) is 7.52. The van der Waals surface area contributed by atoms with Crippen LogP contribution < -0.4 is 4.90 Å². The van der Waals surface area contributed by atoms with Crippen molar-refractivity contribution in [3.05, 3.63) is 29.8 Å². The largest absolute Gasteiger partial charge is 0.328 e. The number of hydrogen-bond acceptors (Lipinski definition) is 2. The quantitative estimate of drug-likeness (QED) is 0.840. The summed E-state index contributed by atoms with van der Waals surface area (Å²) < 4.78 is 28.0. The number of sulfonamides is 1. The van der Waals surface area contributed by atoms with Crippen molar-refractivity contribution in [3.8, 4) is 0 Å². The van der Waals surface area contributed by atoms with Crippen molar-refractivity contribution in [1.29, 1.82) is 0 Å². The van der Waals surface area contributed by atoms with E-state index < -0.39 is 10.0 Å². The molecule has 6 rings (SSSR count). The summed E-state index contributed by atoms with van der Waals surface area (Å²) in [4.78, 5) is 2.17. The summed E-state index contributed by atoms with van der Waals surface area (Å²) in [6.45, 7) is 7.58. The van der Waals surface area contributed by atoms with Crippen LogP contribution in [0.5, 0.6) is 0 Å². The average Bonchev–Trinajstić information content (AvgIpc) is 2.67. The molecular weight excluding hydrogens is 368 g/mol. The topological polar surface area (TPSA) is 41.8 Å². The molecule has 1 heterocycles. The van der Waals surface area contributed by atoms with Crippen molar-refractivity contribution >= 4 is 10.0 Å². The molecule has 0 atom stereocenters. The molecular formula is C23H35N2O2S+. The molecule has 4 nitrogen and oxygen atoms in total. The summed E-state index contributed by atoms with van der Waals surface area (Å²) in [5, 5.41) is 0. The monoisotopic (exact) mass is 403 g/mol. The minimum absolute atomic E-state index is 0.421. The fraction of sp³-hybridized carbons (Fsp3) is 0.739. The normalized spacial score (nSPS) is 36.3. The van der Waals surface area contributed by atoms with Crippen LogP contribution in [-0.2, 0) is 10.0 Å². The number of benzene rings is 1. The van der Waals surface area contributed by atoms with E-state index in [2.05, 4.69) is 13.8 Å². The number of quaternary nitrogens is 1. The molecule has 4 bridgehead atoms. The van der Waals surface area contributed by atoms with Gasteiger partial charge in [0.2, 0.25) is 10.0 Å². The molecule has 0 unspecified atom stereocenters. The highest BCUT2D eigenvalue weighted by Crippen LogP contribution is 2.54. The van der Waals surface area contributed by atoms with Crippen LogP contribution in [0.1, 0.15) is 63.9 Å². The van der Waals surface area contributed by atoms with Crippen LogP contribution in [0, 0.1) is 17.8 Å². The molecule has 1 aromatic rings. The lowest BCUT2D eigenvalue weighted by molar-refractivity contribution is -0.962. The Hall–Kier alpha value is -0.910. The summed E-state index contributed by atoms with van der Waals surface area (Å²) in [5.74, 6) is 3.30. The van der Waals surface area contributed by atoms with Crippen molar-refractivity contribution in [2.24, 2.45) is 17.8 Å². The van der Waals surface area contributed by atoms with Crippen LogP contribution in [0.2, 0.25) is 0 Å². The van der Waals surface area contributed by atoms with E-state index in [9.17, 15) is 8.42 Å². The zero-order valence-electron chi connectivity index (χ0n) is 17.4. The number of nitrogens with zero attached hydrogens (tertiary/aromatic N) is 1. The third-order valence-corrected chi connectivity index (χ3v) is 10.2. The number of rotatable bonds is 4. The zero-order valence-corrected chi connectivity index (χ0v) is 18.2. The second-order valence-electron chi connectivity index (χ2n) is 10.4. The maximum Gasteiger partial charge on any atom is 0.243 e. The van der Waals surface area contributed by atoms with Crippen LogP contribution in [0.25, 0.3) is 0 Å². The first-order valence-electron chi connectivity index (χ1n) is 11.3. The average molecular weight is 404 g/mol. The van der Waals surface area contributed by atoms with Gasteiger partial charge in [-0.15, -0.1) is 0 Å². The van der Waals surface area contributed by atoms with Gasteiger partial charge in [0.05, 0.1) is 36.6 Å². The van der Waals surface area contributed by atoms with Crippen LogP contribution >= 0.6 is 0 Å². The van der Waals surface area contributed by atoms with Gasteiger partial charge in [0.15, 0.2) is 0 Å². The highest BCUT2D eigenvalue weighted by atomic mass is 32.2. The van der Waals surface area contributed by atoms with Crippen molar-refractivity contribution in [2.45, 2.75) is 68.7 Å². The second-order valence-corrected chi connectivity index (χ2v) is 12.4. The molecule has 28 heavy (non-hydrogen) atoms. The Morgan fingerprint density at radius 2 is 1.43 bits per heavy atom. The predicted octanol–water partition coefficient (Wildman–Crippen LogP) is 2.67. The standard InChI is InChI=1S/C23H34N2O2S/c1-17(2)21-3-5-22(6-4-21)28(26,27)25-9-7-24(8-10-25)23-14-18-11-19(15-23)13-20(12-18)16-23/h3-6,17-20H,7-16H2,1-2H3/p+1. The first-order valence-corrected chi connectivity index (χ1v) is 12.7. The molecule has 1 aliphatic heterocycles. The van der Waals surface area contributed by atoms with Crippen molar-refractivity contribution in [3.63, 3.8) is 0 Å². The summed E-state index contributed by atoms with van der Waals surface area (Å²) in [5.41, 5.74) is 1.67. The Bertz CT molecular complexity index is 787. The maximum absolute atomic E-state index is 13.1. The van der Waals surface area contributed by atoms with Gasteiger partial charge in [0, 0.05) is 19.3 Å². The third-order valence-electron chi connectivity index (χ3n) is 8.30. The van der Waals surface area contributed by atoms with Crippen LogP contribution in [-0.4, -0.2) is 44.4 Å². The molecule has 1 N–H and O–H groups in total. The molecule has 5 aliphatic rings. The molecule has 0 aromatic heterocycles. The lowest BCUT2D eigenvalue weighted by Gasteiger charge is -2.59. The Morgan fingerprint density at radius 1 is 0.929 bits per heavy atom. The molecule has 5 heteroatoms. The highest BCUT2D eigenvalue weighted by Gasteiger charge is 2.56. The molecule has 4 aliphatic carbocycles. The fourth-order valence-electron chi connectivity index (χ4n) is 7.24. The zero-order chi connectivity index (χ0) is 19.5. The van der Waals surface area contributed by atoms with Gasteiger partial charge in [-0.1, -0.05) is 26.0 Å². The van der Waals surface area contributed by atoms with E-state index >= 15 is 0 Å². The molecule has 1 saturated heterocycles. The Labute approximate surface area is 170 Å². The first kappa shape index (κ1) is 19.1. The molecule has 0 spiro atoms. The first-order chi connectivity index (χ1) is 13.4. The molecule has 4 saturated carbocycles. The highest BCUT2D eigenvalue weighted by molar-refractivity contribution is 7.89. The Balaban J connectivity index is 1.28. The van der Waals surface area contributed by atoms with E-state index in [-0.39, 0.29) is 0 Å². The Kier molecular flexibility index (Phi) is 4.64. The van der Waals surface area contributed by atoms with E-state index in [1.165, 1.54) is 44.1 Å². The van der Waals surface area contributed by atoms with Crippen LogP contribution in [0.4, 0.5) is 0 Å². The van der Waals surface area contributed by atoms with Crippen molar-refractivity contribution in [2.75, 3.05) is 26.2 Å². The van der Waals surface area contributed by atoms with E-state index in [0.29, 0.717) is 29.4 Å². The molecule has 154 valence electrons. The van der Waals surface area contributed by atoms with E-state index in [1.54, 1.807) is 21.3 Å². The van der Waals surface area contributed by atoms with Crippen LogP contribution in [0.15, 0.2) is 29.2 Å². The van der Waals surface area contributed by atoms with E-state index in [0.717, 1.165) is 30.8 Å². The lowest BCUT2D eigenvalue weighted by atomic mass is 9.52. The minimum Gasteiger partial charge on any atom is -0.328 e. The molecule has 0 amide bonds. The smallest absolute Gasteiger partial charge is 0.243 e. The van der Waals surface area contributed by atoms with Gasteiger partial charge >= 0.3 is 0 Å². The van der Waals surface area contributed by atoms with Crippen molar-refractivity contribution in [1.82, 2.24) is 4.31 Å². The summed E-state index contributed by atoms with van der Waals surface area (Å²) in [6.07, 6.45) is 8.62. The SMILES string of the molecule is CC(C)c1ccc(S(=O)(=O)N2CC[NH+](C34CC5CC(CC(C5)C3)C4)CC2)cc1. The minimum atomic E-state index is -3.36. The lowest BCUT2D eigenvalue weighted by Crippen LogP contribution is -3.23. The van der Waals surface area contributed by atoms with Crippen molar-refractivity contribution < 1.29 is 13.3 Å². The van der Waals surface area contributed by atoms with E-state index in [1.807, 2.05) is 12.1 Å². The van der Waals surface area contributed by atoms with Gasteiger partial charge in [-0.25, -0.2) is 8.42 Å². The number of hydrogen-bond donors (Lipinski definition) is 1. The maximum atomic E-state index is 13.1. The second kappa shape index (κ2) is 6.82. The summed E-state index contributed by atoms with van der Waals surface area (Å²) in [7, 11) is -3.36. The molecule has 1 aromatic carbocycles. The Morgan fingerprint density at radius 3 is 1.89 bits per heavy atom. The fourth-order valence-corrected chi connectivity index (χ4v) is 8.69. The van der Waals surface area contributed by atoms with Crippen LogP contribution in [0.3, 0.4) is 0 Å². The van der Waals surface area contributed by atoms with Gasteiger partial charge in [-0.2, -0.15) is 4.31 Å². The summed E-state index contributed by atoms with van der Waals surface area (Å²) >= 11 is 0.